The Hall–Kier alpha value is -0.750. The molecule has 6 heteroatoms. The quantitative estimate of drug-likeness (QED) is 0.850. The molecule has 0 saturated carbocycles. The van der Waals surface area contributed by atoms with Gasteiger partial charge in [0.05, 0.1) is 11.5 Å². The Labute approximate surface area is 113 Å². The van der Waals surface area contributed by atoms with Crippen molar-refractivity contribution >= 4 is 31.6 Å². The molecule has 98 valence electrons. The Balaban J connectivity index is 2.10. The van der Waals surface area contributed by atoms with Gasteiger partial charge in [-0.2, -0.15) is 0 Å². The van der Waals surface area contributed by atoms with Gasteiger partial charge in [0.15, 0.2) is 9.84 Å². The smallest absolute Gasteiger partial charge is 0.151 e. The molecular weight excluding hydrogens is 323 g/mol. The van der Waals surface area contributed by atoms with Gasteiger partial charge < -0.3 is 0 Å². The van der Waals surface area contributed by atoms with Crippen molar-refractivity contribution in [1.29, 1.82) is 0 Å². The van der Waals surface area contributed by atoms with Gasteiger partial charge in [-0.05, 0) is 30.2 Å². The summed E-state index contributed by atoms with van der Waals surface area (Å²) in [5, 5.41) is 0. The molecule has 1 aromatic carbocycles. The number of carbonyl (C=O) groups is 1. The number of Topliss-reactive ketones (excluding diaryl/α,β-unsaturated/α-hetero) is 1. The van der Waals surface area contributed by atoms with Crippen molar-refractivity contribution in [2.45, 2.75) is 12.8 Å². The summed E-state index contributed by atoms with van der Waals surface area (Å²) in [6.45, 7) is 0. The number of benzene rings is 1. The summed E-state index contributed by atoms with van der Waals surface area (Å²) in [6, 6.07) is 4.15. The van der Waals surface area contributed by atoms with E-state index in [-0.39, 0.29) is 23.7 Å². The number of sulfone groups is 1. The summed E-state index contributed by atoms with van der Waals surface area (Å²) in [4.78, 5) is 12.0. The molecule has 0 N–H and O–H groups in total. The molecule has 1 aromatic rings. The Morgan fingerprint density at radius 1 is 1.44 bits per heavy atom. The van der Waals surface area contributed by atoms with E-state index in [9.17, 15) is 17.6 Å². The van der Waals surface area contributed by atoms with E-state index in [2.05, 4.69) is 15.9 Å². The van der Waals surface area contributed by atoms with E-state index in [0.29, 0.717) is 16.5 Å². The predicted molar refractivity (Wildman–Crippen MR) is 69.6 cm³/mol. The van der Waals surface area contributed by atoms with Crippen molar-refractivity contribution in [2.75, 3.05) is 11.5 Å². The standard InChI is InChI=1S/C12H12BrFO3S/c13-11-2-1-10(14)5-9(11)6-12(15)8-3-4-18(16,17)7-8/h1-2,5,8H,3-4,6-7H2. The fraction of sp³-hybridized carbons (Fsp3) is 0.417. The molecule has 1 saturated heterocycles. The second kappa shape index (κ2) is 5.09. The van der Waals surface area contributed by atoms with Gasteiger partial charge in [-0.3, -0.25) is 4.79 Å². The number of ketones is 1. The maximum Gasteiger partial charge on any atom is 0.151 e. The zero-order valence-corrected chi connectivity index (χ0v) is 11.9. The van der Waals surface area contributed by atoms with Crippen molar-refractivity contribution in [3.63, 3.8) is 0 Å². The molecule has 0 aromatic heterocycles. The first-order valence-electron chi connectivity index (χ1n) is 5.54. The third-order valence-corrected chi connectivity index (χ3v) is 5.60. The maximum atomic E-state index is 13.1. The number of hydrogen-bond acceptors (Lipinski definition) is 3. The average molecular weight is 335 g/mol. The third-order valence-electron chi connectivity index (χ3n) is 3.06. The van der Waals surface area contributed by atoms with Crippen LogP contribution in [-0.4, -0.2) is 25.7 Å². The van der Waals surface area contributed by atoms with Gasteiger partial charge in [0.2, 0.25) is 0 Å². The number of halogens is 2. The van der Waals surface area contributed by atoms with Crippen LogP contribution in [0.2, 0.25) is 0 Å². The van der Waals surface area contributed by atoms with Crippen molar-refractivity contribution < 1.29 is 17.6 Å². The zero-order chi connectivity index (χ0) is 13.3. The van der Waals surface area contributed by atoms with Crippen LogP contribution < -0.4 is 0 Å². The highest BCUT2D eigenvalue weighted by Crippen LogP contribution is 2.24. The summed E-state index contributed by atoms with van der Waals surface area (Å²) >= 11 is 3.25. The van der Waals surface area contributed by atoms with Gasteiger partial charge >= 0.3 is 0 Å². The molecule has 0 aliphatic carbocycles. The molecule has 0 bridgehead atoms. The van der Waals surface area contributed by atoms with Gasteiger partial charge in [-0.25, -0.2) is 12.8 Å². The first-order chi connectivity index (χ1) is 8.37. The average Bonchev–Trinajstić information content (AvgIpc) is 2.64. The van der Waals surface area contributed by atoms with Crippen molar-refractivity contribution in [2.24, 2.45) is 5.92 Å². The lowest BCUT2D eigenvalue weighted by molar-refractivity contribution is -0.121. The second-order valence-electron chi connectivity index (χ2n) is 4.48. The maximum absolute atomic E-state index is 13.1. The van der Waals surface area contributed by atoms with E-state index in [0.717, 1.165) is 0 Å². The topological polar surface area (TPSA) is 51.2 Å². The molecule has 2 rings (SSSR count). The highest BCUT2D eigenvalue weighted by molar-refractivity contribution is 9.10. The second-order valence-corrected chi connectivity index (χ2v) is 7.56. The molecule has 1 unspecified atom stereocenters. The summed E-state index contributed by atoms with van der Waals surface area (Å²) in [7, 11) is -3.06. The van der Waals surface area contributed by atoms with Gasteiger partial charge in [0, 0.05) is 16.8 Å². The van der Waals surface area contributed by atoms with Crippen LogP contribution in [0.3, 0.4) is 0 Å². The van der Waals surface area contributed by atoms with Crippen LogP contribution in [0, 0.1) is 11.7 Å². The Bertz CT molecular complexity index is 583. The number of carbonyl (C=O) groups excluding carboxylic acids is 1. The third kappa shape index (κ3) is 3.17. The molecule has 1 heterocycles. The number of rotatable bonds is 3. The van der Waals surface area contributed by atoms with Gasteiger partial charge in [-0.1, -0.05) is 15.9 Å². The molecule has 1 atom stereocenters. The minimum Gasteiger partial charge on any atom is -0.299 e. The van der Waals surface area contributed by atoms with Crippen LogP contribution in [0.5, 0.6) is 0 Å². The monoisotopic (exact) mass is 334 g/mol. The molecule has 0 spiro atoms. The van der Waals surface area contributed by atoms with E-state index in [4.69, 9.17) is 0 Å². The predicted octanol–water partition coefficient (Wildman–Crippen LogP) is 2.13. The van der Waals surface area contributed by atoms with E-state index in [1.807, 2.05) is 0 Å². The Morgan fingerprint density at radius 3 is 2.78 bits per heavy atom. The van der Waals surface area contributed by atoms with Crippen LogP contribution in [0.25, 0.3) is 0 Å². The molecule has 1 fully saturated rings. The number of hydrogen-bond donors (Lipinski definition) is 0. The highest BCUT2D eigenvalue weighted by atomic mass is 79.9. The molecule has 1 aliphatic rings. The first kappa shape index (κ1) is 13.7. The summed E-state index contributed by atoms with van der Waals surface area (Å²) in [6.07, 6.45) is 0.451. The van der Waals surface area contributed by atoms with E-state index in [1.165, 1.54) is 12.1 Å². The summed E-state index contributed by atoms with van der Waals surface area (Å²) < 4.78 is 36.3. The first-order valence-corrected chi connectivity index (χ1v) is 8.16. The highest BCUT2D eigenvalue weighted by Gasteiger charge is 2.32. The summed E-state index contributed by atoms with van der Waals surface area (Å²) in [5.41, 5.74) is 0.560. The van der Waals surface area contributed by atoms with Crippen molar-refractivity contribution in [1.82, 2.24) is 0 Å². The molecule has 0 radical (unpaired) electrons. The molecule has 1 aliphatic heterocycles. The van der Waals surface area contributed by atoms with E-state index >= 15 is 0 Å². The lowest BCUT2D eigenvalue weighted by Crippen LogP contribution is -2.18. The van der Waals surface area contributed by atoms with Gasteiger partial charge in [-0.15, -0.1) is 0 Å². The fourth-order valence-electron chi connectivity index (χ4n) is 2.06. The molecule has 18 heavy (non-hydrogen) atoms. The Morgan fingerprint density at radius 2 is 2.17 bits per heavy atom. The van der Waals surface area contributed by atoms with Crippen LogP contribution in [0.15, 0.2) is 22.7 Å². The van der Waals surface area contributed by atoms with E-state index in [1.54, 1.807) is 6.07 Å². The normalized spacial score (nSPS) is 22.0. The van der Waals surface area contributed by atoms with Crippen LogP contribution in [0.4, 0.5) is 4.39 Å². The van der Waals surface area contributed by atoms with Gasteiger partial charge in [0.25, 0.3) is 0 Å². The van der Waals surface area contributed by atoms with Gasteiger partial charge in [0.1, 0.15) is 11.6 Å². The van der Waals surface area contributed by atoms with E-state index < -0.39 is 21.6 Å². The SMILES string of the molecule is O=C(Cc1cc(F)ccc1Br)C1CCS(=O)(=O)C1. The molecular formula is C12H12BrFO3S. The van der Waals surface area contributed by atoms with Crippen LogP contribution in [-0.2, 0) is 21.1 Å². The largest absolute Gasteiger partial charge is 0.299 e. The fourth-order valence-corrected chi connectivity index (χ4v) is 4.22. The van der Waals surface area contributed by atoms with Crippen LogP contribution in [0.1, 0.15) is 12.0 Å². The Kier molecular flexibility index (Phi) is 3.87. The zero-order valence-electron chi connectivity index (χ0n) is 9.53. The lowest BCUT2D eigenvalue weighted by atomic mass is 9.97. The van der Waals surface area contributed by atoms with Crippen molar-refractivity contribution in [3.05, 3.63) is 34.1 Å². The minimum absolute atomic E-state index is 0.0680. The van der Waals surface area contributed by atoms with Crippen LogP contribution >= 0.6 is 15.9 Å². The lowest BCUT2D eigenvalue weighted by Gasteiger charge is -2.08. The molecule has 0 amide bonds. The molecule has 3 nitrogen and oxygen atoms in total. The van der Waals surface area contributed by atoms with Crippen molar-refractivity contribution in [3.8, 4) is 0 Å². The minimum atomic E-state index is -3.06. The summed E-state index contributed by atoms with van der Waals surface area (Å²) in [5.74, 6) is -0.973.